The molecular weight excluding hydrogens is 298 g/mol. The zero-order valence-electron chi connectivity index (χ0n) is 15.4. The summed E-state index contributed by atoms with van der Waals surface area (Å²) in [5, 5.41) is 2.97. The SMILES string of the molecule is Cc1ccc(C(C)C)c(O[C@@H](C)C(=O)Nc2cccc(C)c2C)c1. The molecule has 3 heteroatoms. The van der Waals surface area contributed by atoms with Crippen LogP contribution in [0.2, 0.25) is 0 Å². The van der Waals surface area contributed by atoms with Crippen molar-refractivity contribution in [2.75, 3.05) is 5.32 Å². The second kappa shape index (κ2) is 7.52. The molecular formula is C21H27NO2. The molecule has 128 valence electrons. The summed E-state index contributed by atoms with van der Waals surface area (Å²) in [6, 6.07) is 12.0. The molecule has 1 atom stereocenters. The maximum Gasteiger partial charge on any atom is 0.265 e. The van der Waals surface area contributed by atoms with Crippen LogP contribution in [0.4, 0.5) is 5.69 Å². The van der Waals surface area contributed by atoms with Crippen molar-refractivity contribution in [3.8, 4) is 5.75 Å². The lowest BCUT2D eigenvalue weighted by Gasteiger charge is -2.20. The minimum atomic E-state index is -0.566. The minimum absolute atomic E-state index is 0.139. The van der Waals surface area contributed by atoms with Crippen LogP contribution in [0.3, 0.4) is 0 Å². The van der Waals surface area contributed by atoms with Gasteiger partial charge in [0.1, 0.15) is 5.75 Å². The first-order chi connectivity index (χ1) is 11.3. The Bertz CT molecular complexity index is 735. The number of hydrogen-bond acceptors (Lipinski definition) is 2. The molecule has 0 fully saturated rings. The molecule has 0 radical (unpaired) electrons. The minimum Gasteiger partial charge on any atom is -0.481 e. The molecule has 2 aromatic carbocycles. The summed E-state index contributed by atoms with van der Waals surface area (Å²) in [6.45, 7) is 12.1. The van der Waals surface area contributed by atoms with Gasteiger partial charge in [-0.25, -0.2) is 0 Å². The number of rotatable bonds is 5. The molecule has 0 bridgehead atoms. The van der Waals surface area contributed by atoms with Crippen LogP contribution >= 0.6 is 0 Å². The monoisotopic (exact) mass is 325 g/mol. The van der Waals surface area contributed by atoms with E-state index in [9.17, 15) is 4.79 Å². The van der Waals surface area contributed by atoms with Crippen molar-refractivity contribution in [1.82, 2.24) is 0 Å². The highest BCUT2D eigenvalue weighted by molar-refractivity contribution is 5.94. The summed E-state index contributed by atoms with van der Waals surface area (Å²) in [4.78, 5) is 12.5. The average Bonchev–Trinajstić information content (AvgIpc) is 2.51. The highest BCUT2D eigenvalue weighted by Crippen LogP contribution is 2.28. The number of carbonyl (C=O) groups is 1. The van der Waals surface area contributed by atoms with Gasteiger partial charge >= 0.3 is 0 Å². The van der Waals surface area contributed by atoms with Gasteiger partial charge < -0.3 is 10.1 Å². The van der Waals surface area contributed by atoms with Crippen LogP contribution in [0.25, 0.3) is 0 Å². The van der Waals surface area contributed by atoms with Crippen molar-refractivity contribution in [2.24, 2.45) is 0 Å². The van der Waals surface area contributed by atoms with E-state index in [2.05, 4.69) is 31.3 Å². The Morgan fingerprint density at radius 1 is 1.04 bits per heavy atom. The largest absolute Gasteiger partial charge is 0.481 e. The van der Waals surface area contributed by atoms with E-state index in [1.165, 1.54) is 0 Å². The Morgan fingerprint density at radius 3 is 2.42 bits per heavy atom. The van der Waals surface area contributed by atoms with Crippen molar-refractivity contribution >= 4 is 11.6 Å². The number of hydrogen-bond donors (Lipinski definition) is 1. The molecule has 2 aromatic rings. The Hall–Kier alpha value is -2.29. The van der Waals surface area contributed by atoms with E-state index in [0.717, 1.165) is 33.7 Å². The van der Waals surface area contributed by atoms with Crippen LogP contribution in [-0.4, -0.2) is 12.0 Å². The highest BCUT2D eigenvalue weighted by Gasteiger charge is 2.18. The van der Waals surface area contributed by atoms with Crippen molar-refractivity contribution in [3.63, 3.8) is 0 Å². The van der Waals surface area contributed by atoms with Gasteiger partial charge in [0.15, 0.2) is 6.10 Å². The fraction of sp³-hybridized carbons (Fsp3) is 0.381. The van der Waals surface area contributed by atoms with Gasteiger partial charge in [-0.3, -0.25) is 4.79 Å². The first-order valence-electron chi connectivity index (χ1n) is 8.44. The molecule has 0 unspecified atom stereocenters. The number of aryl methyl sites for hydroxylation is 2. The first kappa shape index (κ1) is 18.1. The van der Waals surface area contributed by atoms with E-state index in [1.54, 1.807) is 6.92 Å². The standard InChI is InChI=1S/C21H27NO2/c1-13(2)18-11-10-14(3)12-20(18)24-17(6)21(23)22-19-9-7-8-15(4)16(19)5/h7-13,17H,1-6H3,(H,22,23)/t17-/m0/s1. The van der Waals surface area contributed by atoms with Gasteiger partial charge in [0.25, 0.3) is 5.91 Å². The maximum atomic E-state index is 12.5. The molecule has 0 heterocycles. The molecule has 0 spiro atoms. The van der Waals surface area contributed by atoms with Crippen LogP contribution in [0.5, 0.6) is 5.75 Å². The molecule has 24 heavy (non-hydrogen) atoms. The normalized spacial score (nSPS) is 12.1. The summed E-state index contributed by atoms with van der Waals surface area (Å²) in [6.07, 6.45) is -0.566. The van der Waals surface area contributed by atoms with Crippen molar-refractivity contribution in [1.29, 1.82) is 0 Å². The number of anilines is 1. The lowest BCUT2D eigenvalue weighted by Crippen LogP contribution is -2.30. The molecule has 0 aliphatic rings. The van der Waals surface area contributed by atoms with Gasteiger partial charge in [-0.05, 0) is 68.0 Å². The van der Waals surface area contributed by atoms with E-state index in [-0.39, 0.29) is 5.91 Å². The molecule has 0 saturated carbocycles. The fourth-order valence-corrected chi connectivity index (χ4v) is 2.59. The predicted molar refractivity (Wildman–Crippen MR) is 99.9 cm³/mol. The predicted octanol–water partition coefficient (Wildman–Crippen LogP) is 5.14. The third kappa shape index (κ3) is 4.16. The lowest BCUT2D eigenvalue weighted by molar-refractivity contribution is -0.122. The second-order valence-corrected chi connectivity index (χ2v) is 6.69. The van der Waals surface area contributed by atoms with E-state index in [4.69, 9.17) is 4.74 Å². The summed E-state index contributed by atoms with van der Waals surface area (Å²) < 4.78 is 5.98. The Kier molecular flexibility index (Phi) is 5.66. The van der Waals surface area contributed by atoms with Gasteiger partial charge in [0, 0.05) is 5.69 Å². The van der Waals surface area contributed by atoms with Gasteiger partial charge in [0.05, 0.1) is 0 Å². The van der Waals surface area contributed by atoms with Gasteiger partial charge in [-0.1, -0.05) is 38.1 Å². The number of ether oxygens (including phenoxy) is 1. The average molecular weight is 325 g/mol. The van der Waals surface area contributed by atoms with Crippen LogP contribution in [-0.2, 0) is 4.79 Å². The topological polar surface area (TPSA) is 38.3 Å². The summed E-state index contributed by atoms with van der Waals surface area (Å²) in [5.41, 5.74) is 5.31. The van der Waals surface area contributed by atoms with Crippen LogP contribution in [0.15, 0.2) is 36.4 Å². The molecule has 0 saturated heterocycles. The molecule has 0 aliphatic heterocycles. The van der Waals surface area contributed by atoms with Crippen LogP contribution < -0.4 is 10.1 Å². The number of benzene rings is 2. The Morgan fingerprint density at radius 2 is 1.75 bits per heavy atom. The highest BCUT2D eigenvalue weighted by atomic mass is 16.5. The number of amides is 1. The van der Waals surface area contributed by atoms with Crippen molar-refractivity contribution < 1.29 is 9.53 Å². The smallest absolute Gasteiger partial charge is 0.265 e. The molecule has 2 rings (SSSR count). The third-order valence-corrected chi connectivity index (χ3v) is 4.33. The van der Waals surface area contributed by atoms with Crippen LogP contribution in [0, 0.1) is 20.8 Å². The van der Waals surface area contributed by atoms with E-state index in [1.807, 2.05) is 45.0 Å². The van der Waals surface area contributed by atoms with Gasteiger partial charge in [-0.15, -0.1) is 0 Å². The zero-order valence-corrected chi connectivity index (χ0v) is 15.4. The van der Waals surface area contributed by atoms with Crippen molar-refractivity contribution in [3.05, 3.63) is 58.7 Å². The third-order valence-electron chi connectivity index (χ3n) is 4.33. The quantitative estimate of drug-likeness (QED) is 0.826. The first-order valence-corrected chi connectivity index (χ1v) is 8.44. The second-order valence-electron chi connectivity index (χ2n) is 6.69. The number of carbonyl (C=O) groups excluding carboxylic acids is 1. The molecule has 0 aliphatic carbocycles. The number of nitrogens with one attached hydrogen (secondary N) is 1. The van der Waals surface area contributed by atoms with E-state index in [0.29, 0.717) is 5.92 Å². The molecule has 1 amide bonds. The van der Waals surface area contributed by atoms with Gasteiger partial charge in [0.2, 0.25) is 0 Å². The summed E-state index contributed by atoms with van der Waals surface area (Å²) in [7, 11) is 0. The zero-order chi connectivity index (χ0) is 17.9. The fourth-order valence-electron chi connectivity index (χ4n) is 2.59. The lowest BCUT2D eigenvalue weighted by atomic mass is 10.0. The molecule has 3 nitrogen and oxygen atoms in total. The summed E-state index contributed by atoms with van der Waals surface area (Å²) in [5.74, 6) is 0.989. The Balaban J connectivity index is 2.15. The van der Waals surface area contributed by atoms with E-state index < -0.39 is 6.10 Å². The van der Waals surface area contributed by atoms with Crippen molar-refractivity contribution in [2.45, 2.75) is 53.6 Å². The van der Waals surface area contributed by atoms with E-state index >= 15 is 0 Å². The molecule has 0 aromatic heterocycles. The Labute approximate surface area is 145 Å². The van der Waals surface area contributed by atoms with Gasteiger partial charge in [-0.2, -0.15) is 0 Å². The summed E-state index contributed by atoms with van der Waals surface area (Å²) >= 11 is 0. The molecule has 1 N–H and O–H groups in total. The maximum absolute atomic E-state index is 12.5. The van der Waals surface area contributed by atoms with Crippen LogP contribution in [0.1, 0.15) is 48.9 Å².